The number of primary amides is 1. The Balaban J connectivity index is 1.52. The van der Waals surface area contributed by atoms with Crippen LogP contribution in [-0.2, 0) is 6.54 Å². The van der Waals surface area contributed by atoms with Gasteiger partial charge in [-0.1, -0.05) is 30.3 Å². The predicted octanol–water partition coefficient (Wildman–Crippen LogP) is 3.75. The first-order chi connectivity index (χ1) is 14.5. The largest absolute Gasteiger partial charge is 0.352 e. The molecule has 3 aromatic carbocycles. The molecule has 0 saturated carbocycles. The zero-order valence-corrected chi connectivity index (χ0v) is 16.0. The molecule has 0 saturated heterocycles. The van der Waals surface area contributed by atoms with E-state index in [9.17, 15) is 14.4 Å². The lowest BCUT2D eigenvalue weighted by molar-refractivity contribution is 0.102. The van der Waals surface area contributed by atoms with E-state index in [1.165, 1.54) is 0 Å². The van der Waals surface area contributed by atoms with Gasteiger partial charge in [-0.25, -0.2) is 9.59 Å². The summed E-state index contributed by atoms with van der Waals surface area (Å²) >= 11 is 0. The normalized spacial score (nSPS) is 10.0. The molecule has 0 spiro atoms. The van der Waals surface area contributed by atoms with Crippen LogP contribution in [0.15, 0.2) is 78.9 Å². The molecule has 152 valence electrons. The Morgan fingerprint density at radius 2 is 1.20 bits per heavy atom. The van der Waals surface area contributed by atoms with Crippen LogP contribution in [0.2, 0.25) is 0 Å². The molecule has 0 bridgehead atoms. The summed E-state index contributed by atoms with van der Waals surface area (Å²) in [5, 5.41) is 10.7. The van der Waals surface area contributed by atoms with Crippen molar-refractivity contribution in [2.45, 2.75) is 6.54 Å². The van der Waals surface area contributed by atoms with Gasteiger partial charge in [0.1, 0.15) is 0 Å². The highest BCUT2D eigenvalue weighted by molar-refractivity contribution is 6.04. The molecule has 0 fully saturated rings. The third-order valence-electron chi connectivity index (χ3n) is 4.12. The molecule has 5 amide bonds. The average Bonchev–Trinajstić information content (AvgIpc) is 2.74. The van der Waals surface area contributed by atoms with Crippen molar-refractivity contribution in [3.63, 3.8) is 0 Å². The summed E-state index contributed by atoms with van der Waals surface area (Å²) in [5.74, 6) is -0.271. The predicted molar refractivity (Wildman–Crippen MR) is 116 cm³/mol. The highest BCUT2D eigenvalue weighted by Crippen LogP contribution is 2.16. The summed E-state index contributed by atoms with van der Waals surface area (Å²) in [7, 11) is 0. The van der Waals surface area contributed by atoms with Crippen molar-refractivity contribution >= 4 is 35.0 Å². The molecular formula is C22H21N5O3. The topological polar surface area (TPSA) is 125 Å². The van der Waals surface area contributed by atoms with Crippen molar-refractivity contribution in [2.75, 3.05) is 16.0 Å². The van der Waals surface area contributed by atoms with Crippen LogP contribution in [0, 0.1) is 0 Å². The highest BCUT2D eigenvalue weighted by atomic mass is 16.2. The fraction of sp³-hybridized carbons (Fsp3) is 0.0455. The Hall–Kier alpha value is -4.33. The average molecular weight is 403 g/mol. The Morgan fingerprint density at radius 3 is 1.77 bits per heavy atom. The van der Waals surface area contributed by atoms with Crippen molar-refractivity contribution in [1.82, 2.24) is 5.32 Å². The van der Waals surface area contributed by atoms with E-state index in [-0.39, 0.29) is 11.9 Å². The van der Waals surface area contributed by atoms with E-state index >= 15 is 0 Å². The summed E-state index contributed by atoms with van der Waals surface area (Å²) in [4.78, 5) is 35.1. The maximum atomic E-state index is 12.4. The van der Waals surface area contributed by atoms with Gasteiger partial charge >= 0.3 is 12.1 Å². The van der Waals surface area contributed by atoms with E-state index in [2.05, 4.69) is 21.3 Å². The van der Waals surface area contributed by atoms with E-state index in [0.717, 1.165) is 5.56 Å². The minimum atomic E-state index is -0.604. The first-order valence-corrected chi connectivity index (χ1v) is 9.16. The lowest BCUT2D eigenvalue weighted by Crippen LogP contribution is -2.28. The third kappa shape index (κ3) is 6.10. The van der Waals surface area contributed by atoms with Crippen molar-refractivity contribution < 1.29 is 14.4 Å². The summed E-state index contributed by atoms with van der Waals surface area (Å²) in [6, 6.07) is 21.7. The summed E-state index contributed by atoms with van der Waals surface area (Å²) in [6.07, 6.45) is 0. The summed E-state index contributed by atoms with van der Waals surface area (Å²) in [5.41, 5.74) is 8.21. The minimum Gasteiger partial charge on any atom is -0.352 e. The van der Waals surface area contributed by atoms with Gasteiger partial charge in [-0.2, -0.15) is 0 Å². The van der Waals surface area contributed by atoms with Gasteiger partial charge in [0.25, 0.3) is 5.91 Å². The van der Waals surface area contributed by atoms with Crippen LogP contribution in [0.5, 0.6) is 0 Å². The van der Waals surface area contributed by atoms with Crippen molar-refractivity contribution in [1.29, 1.82) is 0 Å². The van der Waals surface area contributed by atoms with Crippen LogP contribution >= 0.6 is 0 Å². The highest BCUT2D eigenvalue weighted by Gasteiger charge is 2.07. The number of carbonyl (C=O) groups is 3. The number of rotatable bonds is 6. The standard InChI is InChI=1S/C22H21N5O3/c23-21(29)24-14-15-6-8-16(9-7-15)20(28)25-18-10-12-19(13-11-18)27-22(30)26-17-4-2-1-3-5-17/h1-13H,14H2,(H,25,28)(H3,23,24,29)(H2,26,27,30). The van der Waals surface area contributed by atoms with Gasteiger partial charge in [-0.15, -0.1) is 0 Å². The SMILES string of the molecule is NC(=O)NCc1ccc(C(=O)Nc2ccc(NC(=O)Nc3ccccc3)cc2)cc1. The molecule has 30 heavy (non-hydrogen) atoms. The van der Waals surface area contributed by atoms with Crippen LogP contribution in [-0.4, -0.2) is 18.0 Å². The molecule has 0 aromatic heterocycles. The molecule has 0 unspecified atom stereocenters. The lowest BCUT2D eigenvalue weighted by atomic mass is 10.1. The molecule has 0 heterocycles. The summed E-state index contributed by atoms with van der Waals surface area (Å²) < 4.78 is 0. The number of hydrogen-bond donors (Lipinski definition) is 5. The molecule has 8 heteroatoms. The van der Waals surface area contributed by atoms with Crippen molar-refractivity contribution in [2.24, 2.45) is 5.73 Å². The first-order valence-electron chi connectivity index (χ1n) is 9.16. The van der Waals surface area contributed by atoms with E-state index in [0.29, 0.717) is 29.2 Å². The van der Waals surface area contributed by atoms with Gasteiger partial charge in [-0.3, -0.25) is 4.79 Å². The maximum absolute atomic E-state index is 12.4. The third-order valence-corrected chi connectivity index (χ3v) is 4.12. The number of anilines is 3. The van der Waals surface area contributed by atoms with Crippen LogP contribution in [0.1, 0.15) is 15.9 Å². The second-order valence-corrected chi connectivity index (χ2v) is 6.39. The van der Waals surface area contributed by atoms with Crippen LogP contribution in [0.4, 0.5) is 26.7 Å². The maximum Gasteiger partial charge on any atom is 0.323 e. The minimum absolute atomic E-state index is 0.271. The molecule has 3 rings (SSSR count). The smallest absolute Gasteiger partial charge is 0.323 e. The number of carbonyl (C=O) groups excluding carboxylic acids is 3. The summed E-state index contributed by atoms with van der Waals surface area (Å²) in [6.45, 7) is 0.295. The van der Waals surface area contributed by atoms with E-state index < -0.39 is 6.03 Å². The van der Waals surface area contributed by atoms with Gasteiger partial charge in [0, 0.05) is 29.2 Å². The van der Waals surface area contributed by atoms with E-state index in [1.54, 1.807) is 60.7 Å². The quantitative estimate of drug-likeness (QED) is 0.430. The second-order valence-electron chi connectivity index (χ2n) is 6.39. The number of amides is 5. The van der Waals surface area contributed by atoms with Crippen LogP contribution in [0.25, 0.3) is 0 Å². The number of benzene rings is 3. The van der Waals surface area contributed by atoms with Gasteiger partial charge < -0.3 is 27.0 Å². The van der Waals surface area contributed by atoms with E-state index in [1.807, 2.05) is 18.2 Å². The Bertz CT molecular complexity index is 1020. The number of nitrogens with two attached hydrogens (primary N) is 1. The molecule has 8 nitrogen and oxygen atoms in total. The molecule has 0 aliphatic rings. The molecule has 0 aliphatic carbocycles. The molecule has 6 N–H and O–H groups in total. The first kappa shape index (κ1) is 20.4. The zero-order chi connectivity index (χ0) is 21.3. The van der Waals surface area contributed by atoms with Gasteiger partial charge in [0.2, 0.25) is 0 Å². The second kappa shape index (κ2) is 9.74. The van der Waals surface area contributed by atoms with Gasteiger partial charge in [-0.05, 0) is 54.1 Å². The fourth-order valence-corrected chi connectivity index (χ4v) is 2.62. The Labute approximate surface area is 173 Å². The number of hydrogen-bond acceptors (Lipinski definition) is 3. The van der Waals surface area contributed by atoms with E-state index in [4.69, 9.17) is 5.73 Å². The van der Waals surface area contributed by atoms with Crippen LogP contribution in [0.3, 0.4) is 0 Å². The van der Waals surface area contributed by atoms with Gasteiger partial charge in [0.15, 0.2) is 0 Å². The molecule has 0 aliphatic heterocycles. The molecule has 0 radical (unpaired) electrons. The monoisotopic (exact) mass is 403 g/mol. The zero-order valence-electron chi connectivity index (χ0n) is 16.0. The molecule has 0 atom stereocenters. The molecule has 3 aromatic rings. The Kier molecular flexibility index (Phi) is 6.63. The number of para-hydroxylation sites is 1. The van der Waals surface area contributed by atoms with Crippen molar-refractivity contribution in [3.05, 3.63) is 90.0 Å². The van der Waals surface area contributed by atoms with Gasteiger partial charge in [0.05, 0.1) is 0 Å². The Morgan fingerprint density at radius 1 is 0.667 bits per heavy atom. The number of urea groups is 2. The number of nitrogens with one attached hydrogen (secondary N) is 4. The molecular weight excluding hydrogens is 382 g/mol. The fourth-order valence-electron chi connectivity index (χ4n) is 2.62. The lowest BCUT2D eigenvalue weighted by Gasteiger charge is -2.09. The van der Waals surface area contributed by atoms with Crippen LogP contribution < -0.4 is 27.0 Å². The van der Waals surface area contributed by atoms with Crippen molar-refractivity contribution in [3.8, 4) is 0 Å².